The first-order valence-electron chi connectivity index (χ1n) is 7.04. The summed E-state index contributed by atoms with van der Waals surface area (Å²) in [5.41, 5.74) is 3.26. The van der Waals surface area contributed by atoms with Crippen molar-refractivity contribution in [2.75, 3.05) is 5.32 Å². The van der Waals surface area contributed by atoms with Gasteiger partial charge in [-0.1, -0.05) is 70.7 Å². The number of carbonyl (C=O) groups is 1. The molecule has 0 radical (unpaired) electrons. The normalized spacial score (nSPS) is 12.6. The molecule has 0 fully saturated rings. The lowest BCUT2D eigenvalue weighted by molar-refractivity contribution is 0.0941. The number of aryl methyl sites for hydroxylation is 2. The summed E-state index contributed by atoms with van der Waals surface area (Å²) in [5.74, 6) is -0.314. The number of para-hydroxylation sites is 1. The molecule has 6 heteroatoms. The lowest BCUT2D eigenvalue weighted by Crippen LogP contribution is -2.49. The number of hydrogen-bond donors (Lipinski definition) is 2. The molecule has 0 bridgehead atoms. The molecule has 0 heterocycles. The highest BCUT2D eigenvalue weighted by atomic mass is 35.6. The van der Waals surface area contributed by atoms with Crippen LogP contribution < -0.4 is 10.6 Å². The molecule has 0 spiro atoms. The first kappa shape index (κ1) is 17.9. The van der Waals surface area contributed by atoms with Crippen molar-refractivity contribution >= 4 is 46.4 Å². The van der Waals surface area contributed by atoms with Crippen LogP contribution in [-0.2, 0) is 0 Å². The van der Waals surface area contributed by atoms with Gasteiger partial charge in [0.1, 0.15) is 6.17 Å². The number of carbonyl (C=O) groups excluding carboxylic acids is 1. The summed E-state index contributed by atoms with van der Waals surface area (Å²) in [6.07, 6.45) is -0.874. The highest BCUT2D eigenvalue weighted by Gasteiger charge is 2.34. The average Bonchev–Trinajstić information content (AvgIpc) is 2.47. The average molecular weight is 372 g/mol. The topological polar surface area (TPSA) is 41.1 Å². The fraction of sp³-hybridized carbons (Fsp3) is 0.235. The Balaban J connectivity index is 2.20. The Hall–Kier alpha value is -1.42. The Kier molecular flexibility index (Phi) is 5.79. The molecule has 0 aliphatic carbocycles. The van der Waals surface area contributed by atoms with E-state index in [1.54, 1.807) is 12.1 Å². The summed E-state index contributed by atoms with van der Waals surface area (Å²) in [5, 5.41) is 5.81. The molecule has 3 nitrogen and oxygen atoms in total. The number of benzene rings is 2. The second kappa shape index (κ2) is 7.43. The minimum atomic E-state index is -1.71. The van der Waals surface area contributed by atoms with Gasteiger partial charge in [0.05, 0.1) is 0 Å². The van der Waals surface area contributed by atoms with Gasteiger partial charge in [-0.15, -0.1) is 0 Å². The number of halogens is 3. The van der Waals surface area contributed by atoms with Gasteiger partial charge in [0.25, 0.3) is 5.91 Å². The van der Waals surface area contributed by atoms with Crippen LogP contribution >= 0.6 is 34.8 Å². The zero-order chi connectivity index (χ0) is 17.0. The highest BCUT2D eigenvalue weighted by Crippen LogP contribution is 2.31. The number of anilines is 1. The maximum Gasteiger partial charge on any atom is 0.252 e. The molecule has 0 saturated heterocycles. The molecule has 1 amide bonds. The van der Waals surface area contributed by atoms with Crippen molar-refractivity contribution in [3.8, 4) is 0 Å². The molecule has 2 rings (SSSR count). The van der Waals surface area contributed by atoms with Crippen LogP contribution in [0.2, 0.25) is 0 Å². The van der Waals surface area contributed by atoms with E-state index in [-0.39, 0.29) is 5.91 Å². The van der Waals surface area contributed by atoms with E-state index in [0.717, 1.165) is 16.8 Å². The van der Waals surface area contributed by atoms with Crippen LogP contribution in [-0.4, -0.2) is 15.9 Å². The van der Waals surface area contributed by atoms with Crippen molar-refractivity contribution in [2.24, 2.45) is 0 Å². The molecule has 1 unspecified atom stereocenters. The second-order valence-corrected chi connectivity index (χ2v) is 7.65. The van der Waals surface area contributed by atoms with Gasteiger partial charge < -0.3 is 10.6 Å². The van der Waals surface area contributed by atoms with Crippen molar-refractivity contribution in [1.29, 1.82) is 0 Å². The van der Waals surface area contributed by atoms with E-state index in [9.17, 15) is 4.79 Å². The molecule has 1 atom stereocenters. The Morgan fingerprint density at radius 2 is 1.74 bits per heavy atom. The molecule has 0 aromatic heterocycles. The van der Waals surface area contributed by atoms with Crippen molar-refractivity contribution in [3.63, 3.8) is 0 Å². The van der Waals surface area contributed by atoms with Gasteiger partial charge in [0, 0.05) is 11.3 Å². The van der Waals surface area contributed by atoms with Crippen molar-refractivity contribution in [2.45, 2.75) is 23.8 Å². The smallest absolute Gasteiger partial charge is 0.252 e. The molecule has 23 heavy (non-hydrogen) atoms. The van der Waals surface area contributed by atoms with Crippen LogP contribution in [0, 0.1) is 13.8 Å². The van der Waals surface area contributed by atoms with Gasteiger partial charge >= 0.3 is 0 Å². The lowest BCUT2D eigenvalue weighted by atomic mass is 10.1. The summed E-state index contributed by atoms with van der Waals surface area (Å²) in [6.45, 7) is 3.84. The van der Waals surface area contributed by atoms with Crippen LogP contribution in [0.15, 0.2) is 48.5 Å². The third kappa shape index (κ3) is 5.03. The number of alkyl halides is 3. The molecule has 0 aliphatic heterocycles. The Morgan fingerprint density at radius 1 is 1.04 bits per heavy atom. The Labute approximate surface area is 150 Å². The van der Waals surface area contributed by atoms with Gasteiger partial charge in [0.2, 0.25) is 3.79 Å². The summed E-state index contributed by atoms with van der Waals surface area (Å²) in [4.78, 5) is 12.4. The molecule has 0 aliphatic rings. The number of rotatable bonds is 4. The van der Waals surface area contributed by atoms with E-state index in [1.807, 2.05) is 50.2 Å². The molecule has 2 aromatic carbocycles. The maximum atomic E-state index is 12.4. The van der Waals surface area contributed by atoms with E-state index in [4.69, 9.17) is 34.8 Å². The third-order valence-corrected chi connectivity index (χ3v) is 3.98. The van der Waals surface area contributed by atoms with E-state index in [1.165, 1.54) is 0 Å². The summed E-state index contributed by atoms with van der Waals surface area (Å²) in [6, 6.07) is 14.8. The summed E-state index contributed by atoms with van der Waals surface area (Å²) < 4.78 is -1.71. The van der Waals surface area contributed by atoms with Crippen LogP contribution in [0.25, 0.3) is 0 Å². The number of amides is 1. The van der Waals surface area contributed by atoms with Crippen molar-refractivity contribution in [3.05, 3.63) is 65.2 Å². The molecule has 0 saturated carbocycles. The summed E-state index contributed by atoms with van der Waals surface area (Å²) >= 11 is 18.1. The van der Waals surface area contributed by atoms with Crippen molar-refractivity contribution in [1.82, 2.24) is 5.32 Å². The largest absolute Gasteiger partial charge is 0.362 e. The second-order valence-electron chi connectivity index (χ2n) is 5.28. The maximum absolute atomic E-state index is 12.4. The first-order chi connectivity index (χ1) is 10.8. The number of hydrogen-bond acceptors (Lipinski definition) is 2. The van der Waals surface area contributed by atoms with E-state index in [0.29, 0.717) is 5.56 Å². The number of nitrogens with one attached hydrogen (secondary N) is 2. The zero-order valence-electron chi connectivity index (χ0n) is 12.7. The van der Waals surface area contributed by atoms with Gasteiger partial charge in [0.15, 0.2) is 0 Å². The lowest BCUT2D eigenvalue weighted by Gasteiger charge is -2.28. The quantitative estimate of drug-likeness (QED) is 0.596. The monoisotopic (exact) mass is 370 g/mol. The first-order valence-corrected chi connectivity index (χ1v) is 8.17. The Morgan fingerprint density at radius 3 is 2.35 bits per heavy atom. The van der Waals surface area contributed by atoms with Gasteiger partial charge in [-0.25, -0.2) is 0 Å². The zero-order valence-corrected chi connectivity index (χ0v) is 15.0. The minimum Gasteiger partial charge on any atom is -0.362 e. The predicted octanol–water partition coefficient (Wildman–Crippen LogP) is 4.84. The van der Waals surface area contributed by atoms with Crippen LogP contribution in [0.5, 0.6) is 0 Å². The molecule has 2 aromatic rings. The standard InChI is InChI=1S/C17H17Cl3N2O/c1-11-6-5-8-13(10-11)15(23)22-16(17(18,19)20)21-14-9-4-3-7-12(14)2/h3-10,16,21H,1-2H3,(H,22,23). The molecular formula is C17H17Cl3N2O. The van der Waals surface area contributed by atoms with Crippen LogP contribution in [0.3, 0.4) is 0 Å². The van der Waals surface area contributed by atoms with Crippen LogP contribution in [0.1, 0.15) is 21.5 Å². The van der Waals surface area contributed by atoms with Crippen LogP contribution in [0.4, 0.5) is 5.69 Å². The third-order valence-electron chi connectivity index (χ3n) is 3.33. The highest BCUT2D eigenvalue weighted by molar-refractivity contribution is 6.68. The van der Waals surface area contributed by atoms with E-state index >= 15 is 0 Å². The fourth-order valence-corrected chi connectivity index (χ4v) is 2.42. The van der Waals surface area contributed by atoms with E-state index in [2.05, 4.69) is 10.6 Å². The van der Waals surface area contributed by atoms with Crippen molar-refractivity contribution < 1.29 is 4.79 Å². The molecule has 2 N–H and O–H groups in total. The predicted molar refractivity (Wildman–Crippen MR) is 97.5 cm³/mol. The van der Waals surface area contributed by atoms with E-state index < -0.39 is 9.96 Å². The Bertz CT molecular complexity index is 698. The van der Waals surface area contributed by atoms with Gasteiger partial charge in [-0.3, -0.25) is 4.79 Å². The molecule has 122 valence electrons. The minimum absolute atomic E-state index is 0.314. The molecular weight excluding hydrogens is 355 g/mol. The van der Waals surface area contributed by atoms with Gasteiger partial charge in [-0.05, 0) is 37.6 Å². The van der Waals surface area contributed by atoms with Gasteiger partial charge in [-0.2, -0.15) is 0 Å². The SMILES string of the molecule is Cc1cccc(C(=O)NC(Nc2ccccc2C)C(Cl)(Cl)Cl)c1. The fourth-order valence-electron chi connectivity index (χ4n) is 2.09. The summed E-state index contributed by atoms with van der Waals surface area (Å²) in [7, 11) is 0.